The lowest BCUT2D eigenvalue weighted by atomic mass is 10.3. The van der Waals surface area contributed by atoms with Crippen LogP contribution in [0.1, 0.15) is 0 Å². The normalized spacial score (nSPS) is 10.3. The zero-order valence-corrected chi connectivity index (χ0v) is 11.6. The first-order valence-electron chi connectivity index (χ1n) is 4.70. The Morgan fingerprint density at radius 3 is 2.76 bits per heavy atom. The van der Waals surface area contributed by atoms with E-state index in [0.717, 1.165) is 4.47 Å². The number of nitrogen functional groups attached to an aromatic ring is 1. The van der Waals surface area contributed by atoms with Gasteiger partial charge in [0, 0.05) is 10.7 Å². The fourth-order valence-corrected chi connectivity index (χ4v) is 1.98. The lowest BCUT2D eigenvalue weighted by Gasteiger charge is -2.10. The topological polar surface area (TPSA) is 50.9 Å². The highest BCUT2D eigenvalue weighted by Gasteiger charge is 2.07. The van der Waals surface area contributed by atoms with Gasteiger partial charge in [-0.3, -0.25) is 0 Å². The van der Waals surface area contributed by atoms with Crippen LogP contribution in [0.5, 0.6) is 0 Å². The summed E-state index contributed by atoms with van der Waals surface area (Å²) in [6.45, 7) is 0. The molecule has 1 aromatic carbocycles. The van der Waals surface area contributed by atoms with Gasteiger partial charge >= 0.3 is 0 Å². The van der Waals surface area contributed by atoms with Crippen LogP contribution in [0.4, 0.5) is 17.2 Å². The summed E-state index contributed by atoms with van der Waals surface area (Å²) >= 11 is 15.3. The Balaban J connectivity index is 2.35. The molecular weight excluding hydrogens is 325 g/mol. The summed E-state index contributed by atoms with van der Waals surface area (Å²) in [6.07, 6.45) is 1.65. The molecule has 0 saturated carbocycles. The fraction of sp³-hybridized carbons (Fsp3) is 0. The molecule has 0 bridgehead atoms. The number of benzene rings is 1. The van der Waals surface area contributed by atoms with E-state index >= 15 is 0 Å². The number of halogens is 3. The van der Waals surface area contributed by atoms with Gasteiger partial charge in [0.1, 0.15) is 0 Å². The molecule has 6 heteroatoms. The van der Waals surface area contributed by atoms with Crippen molar-refractivity contribution < 1.29 is 0 Å². The second-order valence-corrected chi connectivity index (χ2v) is 5.02. The van der Waals surface area contributed by atoms with Gasteiger partial charge in [0.05, 0.1) is 21.4 Å². The average Bonchev–Trinajstić information content (AvgIpc) is 2.28. The number of hydrogen-bond acceptors (Lipinski definition) is 3. The standard InChI is InChI=1S/C11H8BrCl2N3/c12-6-4-8(15)11(16-5-6)17-9-3-1-2-7(13)10(9)14/h1-5H,15H2,(H,16,17). The molecule has 0 amide bonds. The smallest absolute Gasteiger partial charge is 0.153 e. The molecule has 0 aliphatic rings. The Morgan fingerprint density at radius 1 is 1.29 bits per heavy atom. The van der Waals surface area contributed by atoms with Gasteiger partial charge in [0.15, 0.2) is 5.82 Å². The number of pyridine rings is 1. The molecule has 0 unspecified atom stereocenters. The van der Waals surface area contributed by atoms with Crippen molar-refractivity contribution in [2.75, 3.05) is 11.1 Å². The van der Waals surface area contributed by atoms with Gasteiger partial charge in [-0.25, -0.2) is 4.98 Å². The molecule has 0 aliphatic heterocycles. The molecule has 0 spiro atoms. The number of anilines is 3. The van der Waals surface area contributed by atoms with E-state index in [1.54, 1.807) is 30.5 Å². The summed E-state index contributed by atoms with van der Waals surface area (Å²) < 4.78 is 0.817. The first kappa shape index (κ1) is 12.5. The maximum absolute atomic E-state index is 6.05. The van der Waals surface area contributed by atoms with Crippen molar-refractivity contribution in [2.45, 2.75) is 0 Å². The van der Waals surface area contributed by atoms with Gasteiger partial charge in [-0.05, 0) is 34.1 Å². The predicted octanol–water partition coefficient (Wildman–Crippen LogP) is 4.48. The van der Waals surface area contributed by atoms with Gasteiger partial charge in [-0.15, -0.1) is 0 Å². The van der Waals surface area contributed by atoms with E-state index in [1.807, 2.05) is 0 Å². The van der Waals surface area contributed by atoms with Gasteiger partial charge in [-0.2, -0.15) is 0 Å². The third-order valence-electron chi connectivity index (χ3n) is 2.09. The third-order valence-corrected chi connectivity index (χ3v) is 3.34. The largest absolute Gasteiger partial charge is 0.396 e. The van der Waals surface area contributed by atoms with Crippen LogP contribution in [0, 0.1) is 0 Å². The Bertz CT molecular complexity index is 560. The molecule has 0 saturated heterocycles. The van der Waals surface area contributed by atoms with Crippen LogP contribution in [0.15, 0.2) is 34.9 Å². The minimum Gasteiger partial charge on any atom is -0.396 e. The SMILES string of the molecule is Nc1cc(Br)cnc1Nc1cccc(Cl)c1Cl. The van der Waals surface area contributed by atoms with Crippen LogP contribution in [0.2, 0.25) is 10.0 Å². The van der Waals surface area contributed by atoms with Crippen LogP contribution in [-0.2, 0) is 0 Å². The van der Waals surface area contributed by atoms with Crippen LogP contribution in [-0.4, -0.2) is 4.98 Å². The summed E-state index contributed by atoms with van der Waals surface area (Å²) in [5, 5.41) is 3.96. The molecule has 0 atom stereocenters. The molecule has 17 heavy (non-hydrogen) atoms. The minimum absolute atomic E-state index is 0.443. The molecular formula is C11H8BrCl2N3. The van der Waals surface area contributed by atoms with E-state index in [1.165, 1.54) is 0 Å². The van der Waals surface area contributed by atoms with E-state index in [9.17, 15) is 0 Å². The lowest BCUT2D eigenvalue weighted by Crippen LogP contribution is -1.99. The lowest BCUT2D eigenvalue weighted by molar-refractivity contribution is 1.30. The summed E-state index contributed by atoms with van der Waals surface area (Å²) in [5.41, 5.74) is 7.02. The molecule has 88 valence electrons. The molecule has 1 heterocycles. The Morgan fingerprint density at radius 2 is 2.06 bits per heavy atom. The highest BCUT2D eigenvalue weighted by Crippen LogP contribution is 2.32. The number of nitrogens with two attached hydrogens (primary N) is 1. The summed E-state index contributed by atoms with van der Waals surface area (Å²) in [4.78, 5) is 4.16. The first-order valence-corrected chi connectivity index (χ1v) is 6.25. The van der Waals surface area contributed by atoms with Gasteiger partial charge < -0.3 is 11.1 Å². The minimum atomic E-state index is 0.443. The van der Waals surface area contributed by atoms with Crippen molar-refractivity contribution in [1.29, 1.82) is 0 Å². The number of hydrogen-bond donors (Lipinski definition) is 2. The van der Waals surface area contributed by atoms with E-state index in [2.05, 4.69) is 26.2 Å². The quantitative estimate of drug-likeness (QED) is 0.852. The van der Waals surface area contributed by atoms with E-state index < -0.39 is 0 Å². The Kier molecular flexibility index (Phi) is 3.76. The molecule has 3 N–H and O–H groups in total. The van der Waals surface area contributed by atoms with Gasteiger partial charge in [0.25, 0.3) is 0 Å². The predicted molar refractivity (Wildman–Crippen MR) is 76.1 cm³/mol. The van der Waals surface area contributed by atoms with Crippen LogP contribution in [0.25, 0.3) is 0 Å². The summed E-state index contributed by atoms with van der Waals surface area (Å²) in [5.74, 6) is 0.539. The summed E-state index contributed by atoms with van der Waals surface area (Å²) in [7, 11) is 0. The van der Waals surface area contributed by atoms with E-state index in [4.69, 9.17) is 28.9 Å². The summed E-state index contributed by atoms with van der Waals surface area (Å²) in [6, 6.07) is 7.07. The molecule has 0 aliphatic carbocycles. The maximum Gasteiger partial charge on any atom is 0.153 e. The van der Waals surface area contributed by atoms with Crippen molar-refractivity contribution in [2.24, 2.45) is 0 Å². The van der Waals surface area contributed by atoms with Crippen molar-refractivity contribution in [1.82, 2.24) is 4.98 Å². The van der Waals surface area contributed by atoms with Crippen LogP contribution in [0.3, 0.4) is 0 Å². The Labute approximate surface area is 117 Å². The second kappa shape index (κ2) is 5.12. The van der Waals surface area contributed by atoms with E-state index in [-0.39, 0.29) is 0 Å². The molecule has 1 aromatic heterocycles. The van der Waals surface area contributed by atoms with Crippen LogP contribution < -0.4 is 11.1 Å². The van der Waals surface area contributed by atoms with Gasteiger partial charge in [-0.1, -0.05) is 29.3 Å². The number of aromatic nitrogens is 1. The van der Waals surface area contributed by atoms with Crippen molar-refractivity contribution in [3.63, 3.8) is 0 Å². The number of rotatable bonds is 2. The zero-order chi connectivity index (χ0) is 12.4. The molecule has 0 radical (unpaired) electrons. The maximum atomic E-state index is 6.05. The molecule has 2 aromatic rings. The zero-order valence-electron chi connectivity index (χ0n) is 8.55. The van der Waals surface area contributed by atoms with Crippen molar-refractivity contribution >= 4 is 56.3 Å². The van der Waals surface area contributed by atoms with Crippen molar-refractivity contribution in [3.05, 3.63) is 45.0 Å². The highest BCUT2D eigenvalue weighted by molar-refractivity contribution is 9.10. The highest BCUT2D eigenvalue weighted by atomic mass is 79.9. The number of nitrogens with zero attached hydrogens (tertiary/aromatic N) is 1. The molecule has 3 nitrogen and oxygen atoms in total. The monoisotopic (exact) mass is 331 g/mol. The number of nitrogens with one attached hydrogen (secondary N) is 1. The third kappa shape index (κ3) is 2.83. The first-order chi connectivity index (χ1) is 8.08. The van der Waals surface area contributed by atoms with Crippen molar-refractivity contribution in [3.8, 4) is 0 Å². The molecule has 0 fully saturated rings. The fourth-order valence-electron chi connectivity index (χ4n) is 1.29. The Hall–Kier alpha value is -0.970. The second-order valence-electron chi connectivity index (χ2n) is 3.32. The van der Waals surface area contributed by atoms with Crippen LogP contribution >= 0.6 is 39.1 Å². The van der Waals surface area contributed by atoms with E-state index in [0.29, 0.717) is 27.2 Å². The average molecular weight is 333 g/mol. The molecule has 2 rings (SSSR count). The van der Waals surface area contributed by atoms with Gasteiger partial charge in [0.2, 0.25) is 0 Å².